The van der Waals surface area contributed by atoms with Gasteiger partial charge >= 0.3 is 6.18 Å². The molecule has 156 valence electrons. The number of hydrogen-bond donors (Lipinski definition) is 0. The van der Waals surface area contributed by atoms with E-state index in [0.29, 0.717) is 32.0 Å². The highest BCUT2D eigenvalue weighted by molar-refractivity contribution is 5.78. The van der Waals surface area contributed by atoms with Crippen molar-refractivity contribution in [3.05, 3.63) is 42.5 Å². The summed E-state index contributed by atoms with van der Waals surface area (Å²) in [4.78, 5) is 23.4. The fourth-order valence-electron chi connectivity index (χ4n) is 2.72. The highest BCUT2D eigenvalue weighted by Gasteiger charge is 2.29. The molecule has 7 nitrogen and oxygen atoms in total. The van der Waals surface area contributed by atoms with Crippen LogP contribution in [-0.4, -0.2) is 66.3 Å². The zero-order valence-corrected chi connectivity index (χ0v) is 15.2. The zero-order chi connectivity index (χ0) is 20.9. The number of carbonyl (C=O) groups is 1. The summed E-state index contributed by atoms with van der Waals surface area (Å²) in [5, 5.41) is 0. The summed E-state index contributed by atoms with van der Waals surface area (Å²) < 4.78 is 59.9. The summed E-state index contributed by atoms with van der Waals surface area (Å²) >= 11 is 0. The standard InChI is InChI=1S/C18H18F4N4O3/c19-13-2-1-3-14(8-13)28-10-17(27)26-6-4-25(5-7-26)15-9-16(24-12-23-15)29-11-18(20,21)22/h1-3,8-9,12H,4-7,10-11H2. The Morgan fingerprint density at radius 2 is 1.83 bits per heavy atom. The van der Waals surface area contributed by atoms with Crippen molar-refractivity contribution in [1.82, 2.24) is 14.9 Å². The Hall–Kier alpha value is -3.11. The minimum absolute atomic E-state index is 0.172. The van der Waals surface area contributed by atoms with Crippen LogP contribution in [0.15, 0.2) is 36.7 Å². The van der Waals surface area contributed by atoms with Gasteiger partial charge < -0.3 is 19.3 Å². The largest absolute Gasteiger partial charge is 0.484 e. The molecule has 1 saturated heterocycles. The third kappa shape index (κ3) is 6.19. The van der Waals surface area contributed by atoms with Crippen LogP contribution in [0.5, 0.6) is 11.6 Å². The van der Waals surface area contributed by atoms with Gasteiger partial charge in [0.05, 0.1) is 0 Å². The molecule has 0 unspecified atom stereocenters. The average Bonchev–Trinajstić information content (AvgIpc) is 2.70. The number of hydrogen-bond acceptors (Lipinski definition) is 6. The Kier molecular flexibility index (Phi) is 6.35. The lowest BCUT2D eigenvalue weighted by molar-refractivity contribution is -0.154. The maximum atomic E-state index is 13.1. The number of nitrogens with zero attached hydrogens (tertiary/aromatic N) is 4. The van der Waals surface area contributed by atoms with Crippen LogP contribution in [0.2, 0.25) is 0 Å². The first-order chi connectivity index (χ1) is 13.8. The minimum atomic E-state index is -4.45. The molecule has 1 aromatic heterocycles. The molecular weight excluding hydrogens is 396 g/mol. The summed E-state index contributed by atoms with van der Waals surface area (Å²) in [6.45, 7) is -0.0194. The highest BCUT2D eigenvalue weighted by atomic mass is 19.4. The molecule has 0 N–H and O–H groups in total. The first-order valence-electron chi connectivity index (χ1n) is 8.73. The molecule has 1 aliphatic rings. The van der Waals surface area contributed by atoms with Gasteiger partial charge in [-0.25, -0.2) is 14.4 Å². The van der Waals surface area contributed by atoms with Crippen LogP contribution in [0.25, 0.3) is 0 Å². The first kappa shape index (κ1) is 20.6. The van der Waals surface area contributed by atoms with Crippen LogP contribution in [-0.2, 0) is 4.79 Å². The smallest absolute Gasteiger partial charge is 0.422 e. The van der Waals surface area contributed by atoms with Gasteiger partial charge in [0.2, 0.25) is 5.88 Å². The molecule has 0 bridgehead atoms. The molecule has 0 atom stereocenters. The van der Waals surface area contributed by atoms with Gasteiger partial charge in [-0.05, 0) is 12.1 Å². The van der Waals surface area contributed by atoms with E-state index in [1.54, 1.807) is 11.0 Å². The molecular formula is C18H18F4N4O3. The zero-order valence-electron chi connectivity index (χ0n) is 15.2. The summed E-state index contributed by atoms with van der Waals surface area (Å²) in [5.74, 6) is -0.184. The minimum Gasteiger partial charge on any atom is -0.484 e. The van der Waals surface area contributed by atoms with Gasteiger partial charge in [-0.15, -0.1) is 0 Å². The monoisotopic (exact) mass is 414 g/mol. The predicted molar refractivity (Wildman–Crippen MR) is 94.3 cm³/mol. The maximum Gasteiger partial charge on any atom is 0.422 e. The molecule has 29 heavy (non-hydrogen) atoms. The van der Waals surface area contributed by atoms with Gasteiger partial charge in [-0.1, -0.05) is 6.07 Å². The summed E-state index contributed by atoms with van der Waals surface area (Å²) in [5.41, 5.74) is 0. The fourth-order valence-corrected chi connectivity index (χ4v) is 2.72. The van der Waals surface area contributed by atoms with E-state index in [9.17, 15) is 22.4 Å². The van der Waals surface area contributed by atoms with E-state index in [4.69, 9.17) is 4.74 Å². The number of amides is 1. The Bertz CT molecular complexity index is 842. The number of carbonyl (C=O) groups excluding carboxylic acids is 1. The van der Waals surface area contributed by atoms with Crippen LogP contribution < -0.4 is 14.4 Å². The highest BCUT2D eigenvalue weighted by Crippen LogP contribution is 2.21. The number of ether oxygens (including phenoxy) is 2. The number of piperazine rings is 1. The van der Waals surface area contributed by atoms with Gasteiger partial charge in [-0.2, -0.15) is 13.2 Å². The van der Waals surface area contributed by atoms with Crippen molar-refractivity contribution in [2.24, 2.45) is 0 Å². The van der Waals surface area contributed by atoms with E-state index in [2.05, 4.69) is 14.7 Å². The normalized spacial score (nSPS) is 14.6. The molecule has 1 aliphatic heterocycles. The van der Waals surface area contributed by atoms with Crippen molar-refractivity contribution in [1.29, 1.82) is 0 Å². The molecule has 3 rings (SSSR count). The lowest BCUT2D eigenvalue weighted by Crippen LogP contribution is -2.50. The van der Waals surface area contributed by atoms with E-state index in [-0.39, 0.29) is 24.1 Å². The van der Waals surface area contributed by atoms with Crippen molar-refractivity contribution in [3.63, 3.8) is 0 Å². The van der Waals surface area contributed by atoms with Gasteiger partial charge in [0.15, 0.2) is 13.2 Å². The van der Waals surface area contributed by atoms with E-state index in [0.717, 1.165) is 6.33 Å². The van der Waals surface area contributed by atoms with Gasteiger partial charge in [0.25, 0.3) is 5.91 Å². The molecule has 2 heterocycles. The number of anilines is 1. The van der Waals surface area contributed by atoms with E-state index in [1.807, 2.05) is 4.90 Å². The number of benzene rings is 1. The second-order valence-corrected chi connectivity index (χ2v) is 6.23. The quantitative estimate of drug-likeness (QED) is 0.676. The van der Waals surface area contributed by atoms with Crippen molar-refractivity contribution in [2.75, 3.05) is 44.3 Å². The van der Waals surface area contributed by atoms with Crippen LogP contribution >= 0.6 is 0 Å². The number of aromatic nitrogens is 2. The Morgan fingerprint density at radius 1 is 1.07 bits per heavy atom. The number of rotatable bonds is 6. The summed E-state index contributed by atoms with van der Waals surface area (Å²) in [6.07, 6.45) is -3.32. The average molecular weight is 414 g/mol. The van der Waals surface area contributed by atoms with Crippen LogP contribution in [0.3, 0.4) is 0 Å². The second-order valence-electron chi connectivity index (χ2n) is 6.23. The number of halogens is 4. The van der Waals surface area contributed by atoms with Crippen molar-refractivity contribution >= 4 is 11.7 Å². The third-order valence-electron chi connectivity index (χ3n) is 4.13. The molecule has 1 amide bonds. The van der Waals surface area contributed by atoms with Crippen LogP contribution in [0.4, 0.5) is 23.4 Å². The van der Waals surface area contributed by atoms with E-state index in [1.165, 1.54) is 24.3 Å². The molecule has 11 heteroatoms. The van der Waals surface area contributed by atoms with Crippen molar-refractivity contribution in [3.8, 4) is 11.6 Å². The molecule has 0 spiro atoms. The third-order valence-corrected chi connectivity index (χ3v) is 4.13. The second kappa shape index (κ2) is 8.93. The van der Waals surface area contributed by atoms with Crippen molar-refractivity contribution < 1.29 is 31.8 Å². The molecule has 0 saturated carbocycles. The Balaban J connectivity index is 1.49. The molecule has 1 fully saturated rings. The Labute approximate surface area is 163 Å². The molecule has 0 radical (unpaired) electrons. The number of alkyl halides is 3. The van der Waals surface area contributed by atoms with Crippen molar-refractivity contribution in [2.45, 2.75) is 6.18 Å². The van der Waals surface area contributed by atoms with Gasteiger partial charge in [0.1, 0.15) is 23.7 Å². The predicted octanol–water partition coefficient (Wildman–Crippen LogP) is 2.28. The molecule has 0 aliphatic carbocycles. The molecule has 1 aromatic carbocycles. The SMILES string of the molecule is O=C(COc1cccc(F)c1)N1CCN(c2cc(OCC(F)(F)F)ncn2)CC1. The van der Waals surface area contributed by atoms with Crippen LogP contribution in [0.1, 0.15) is 0 Å². The summed E-state index contributed by atoms with van der Waals surface area (Å²) in [7, 11) is 0. The van der Waals surface area contributed by atoms with E-state index < -0.39 is 18.6 Å². The van der Waals surface area contributed by atoms with Crippen LogP contribution in [0, 0.1) is 5.82 Å². The summed E-state index contributed by atoms with van der Waals surface area (Å²) in [6, 6.07) is 6.85. The fraction of sp³-hybridized carbons (Fsp3) is 0.389. The van der Waals surface area contributed by atoms with E-state index >= 15 is 0 Å². The first-order valence-corrected chi connectivity index (χ1v) is 8.73. The van der Waals surface area contributed by atoms with Gasteiger partial charge in [-0.3, -0.25) is 4.79 Å². The lowest BCUT2D eigenvalue weighted by atomic mass is 10.3. The lowest BCUT2D eigenvalue weighted by Gasteiger charge is -2.35. The van der Waals surface area contributed by atoms with Gasteiger partial charge in [0, 0.05) is 38.3 Å². The topological polar surface area (TPSA) is 67.8 Å². The Morgan fingerprint density at radius 3 is 2.52 bits per heavy atom. The molecule has 2 aromatic rings. The maximum absolute atomic E-state index is 13.1.